The molecule has 3 rings (SSSR count). The van der Waals surface area contributed by atoms with Gasteiger partial charge < -0.3 is 9.64 Å². The smallest absolute Gasteiger partial charge is 0.320 e. The number of aromatic nitrogens is 2. The minimum atomic E-state index is -0.504. The summed E-state index contributed by atoms with van der Waals surface area (Å²) in [6.45, 7) is 2.12. The highest BCUT2D eigenvalue weighted by molar-refractivity contribution is 6.17. The van der Waals surface area contributed by atoms with Crippen LogP contribution in [-0.4, -0.2) is 70.3 Å². The van der Waals surface area contributed by atoms with Gasteiger partial charge in [-0.2, -0.15) is 0 Å². The monoisotopic (exact) mass is 408 g/mol. The Bertz CT molecular complexity index is 847. The number of benzene rings is 1. The van der Waals surface area contributed by atoms with Gasteiger partial charge in [-0.3, -0.25) is 14.5 Å². The summed E-state index contributed by atoms with van der Waals surface area (Å²) in [5, 5.41) is 7.54. The SMILES string of the molecule is CN(CCl)CC(=O)OC1(C)CCC(N(C)C(=O)c2ccc3nonc3c2)CC1. The number of carbonyl (C=O) groups excluding carboxylic acids is 2. The fourth-order valence-corrected chi connectivity index (χ4v) is 3.64. The van der Waals surface area contributed by atoms with E-state index in [4.69, 9.17) is 16.3 Å². The molecule has 0 atom stereocenters. The maximum atomic E-state index is 12.8. The van der Waals surface area contributed by atoms with Crippen LogP contribution in [0.1, 0.15) is 43.0 Å². The molecule has 9 heteroatoms. The van der Waals surface area contributed by atoms with E-state index in [1.165, 1.54) is 0 Å². The van der Waals surface area contributed by atoms with Gasteiger partial charge in [-0.1, -0.05) is 0 Å². The Morgan fingerprint density at radius 3 is 2.61 bits per heavy atom. The van der Waals surface area contributed by atoms with E-state index in [1.807, 2.05) is 14.0 Å². The topological polar surface area (TPSA) is 88.8 Å². The number of esters is 1. The number of hydrogen-bond acceptors (Lipinski definition) is 7. The van der Waals surface area contributed by atoms with Crippen LogP contribution >= 0.6 is 11.6 Å². The number of nitrogens with zero attached hydrogens (tertiary/aromatic N) is 4. The molecule has 28 heavy (non-hydrogen) atoms. The predicted molar refractivity (Wildman–Crippen MR) is 104 cm³/mol. The Hall–Kier alpha value is -2.19. The standard InChI is InChI=1S/C19H25ClN4O4/c1-19(27-17(25)11-23(2)12-20)8-6-14(7-9-19)24(3)18(26)13-4-5-15-16(10-13)22-28-21-15/h4-5,10,14H,6-9,11-12H2,1-3H3. The van der Waals surface area contributed by atoms with Gasteiger partial charge in [-0.05, 0) is 68.2 Å². The molecule has 152 valence electrons. The predicted octanol–water partition coefficient (Wildman–Crippen LogP) is 2.67. The van der Waals surface area contributed by atoms with Gasteiger partial charge in [0.1, 0.15) is 16.6 Å². The van der Waals surface area contributed by atoms with Crippen molar-refractivity contribution in [3.63, 3.8) is 0 Å². The molecular formula is C19H25ClN4O4. The molecule has 8 nitrogen and oxygen atoms in total. The van der Waals surface area contributed by atoms with E-state index in [9.17, 15) is 9.59 Å². The molecule has 0 bridgehead atoms. The van der Waals surface area contributed by atoms with E-state index in [1.54, 1.807) is 35.0 Å². The van der Waals surface area contributed by atoms with Crippen LogP contribution in [0.25, 0.3) is 11.0 Å². The average Bonchev–Trinajstić information content (AvgIpc) is 3.14. The normalized spacial score (nSPS) is 22.4. The van der Waals surface area contributed by atoms with Crippen LogP contribution in [0.2, 0.25) is 0 Å². The zero-order valence-corrected chi connectivity index (χ0v) is 17.1. The fourth-order valence-electron chi connectivity index (χ4n) is 3.56. The Labute approximate surface area is 168 Å². The molecule has 1 amide bonds. The van der Waals surface area contributed by atoms with E-state index < -0.39 is 5.60 Å². The zero-order valence-electron chi connectivity index (χ0n) is 16.4. The number of rotatable bonds is 6. The van der Waals surface area contributed by atoms with Crippen molar-refractivity contribution < 1.29 is 19.0 Å². The molecule has 0 N–H and O–H groups in total. The second-order valence-electron chi connectivity index (χ2n) is 7.67. The van der Waals surface area contributed by atoms with E-state index in [0.717, 1.165) is 12.8 Å². The largest absolute Gasteiger partial charge is 0.458 e. The number of carbonyl (C=O) groups is 2. The van der Waals surface area contributed by atoms with Crippen molar-refractivity contribution in [1.29, 1.82) is 0 Å². The molecule has 1 aliphatic carbocycles. The first kappa shape index (κ1) is 20.5. The van der Waals surface area contributed by atoms with Gasteiger partial charge in [0.15, 0.2) is 0 Å². The summed E-state index contributed by atoms with van der Waals surface area (Å²) in [4.78, 5) is 28.4. The number of halogens is 1. The van der Waals surface area contributed by atoms with Crippen LogP contribution in [0.5, 0.6) is 0 Å². The van der Waals surface area contributed by atoms with Gasteiger partial charge in [-0.25, -0.2) is 4.63 Å². The summed E-state index contributed by atoms with van der Waals surface area (Å²) in [5.41, 5.74) is 1.23. The number of amides is 1. The summed E-state index contributed by atoms with van der Waals surface area (Å²) >= 11 is 5.70. The van der Waals surface area contributed by atoms with Crippen molar-refractivity contribution in [2.75, 3.05) is 26.6 Å². The highest BCUT2D eigenvalue weighted by atomic mass is 35.5. The zero-order chi connectivity index (χ0) is 20.3. The highest BCUT2D eigenvalue weighted by Crippen LogP contribution is 2.34. The molecule has 0 unspecified atom stereocenters. The third-order valence-electron chi connectivity index (χ3n) is 5.34. The van der Waals surface area contributed by atoms with E-state index in [0.29, 0.717) is 29.4 Å². The number of likely N-dealkylation sites (N-methyl/N-ethyl adjacent to an activating group) is 1. The van der Waals surface area contributed by atoms with Crippen LogP contribution in [0.4, 0.5) is 0 Å². The Balaban J connectivity index is 1.57. The van der Waals surface area contributed by atoms with Crippen LogP contribution in [-0.2, 0) is 9.53 Å². The molecule has 1 aromatic heterocycles. The van der Waals surface area contributed by atoms with Gasteiger partial charge >= 0.3 is 5.97 Å². The molecular weight excluding hydrogens is 384 g/mol. The maximum absolute atomic E-state index is 12.8. The fraction of sp³-hybridized carbons (Fsp3) is 0.579. The number of ether oxygens (including phenoxy) is 1. The molecule has 2 aromatic rings. The molecule has 1 heterocycles. The molecule has 1 fully saturated rings. The minimum absolute atomic E-state index is 0.0702. The molecule has 1 saturated carbocycles. The van der Waals surface area contributed by atoms with Crippen molar-refractivity contribution in [2.24, 2.45) is 0 Å². The van der Waals surface area contributed by atoms with Crippen molar-refractivity contribution in [2.45, 2.75) is 44.2 Å². The quantitative estimate of drug-likeness (QED) is 0.412. The summed E-state index contributed by atoms with van der Waals surface area (Å²) in [5.74, 6) is -0.345. The van der Waals surface area contributed by atoms with Crippen LogP contribution in [0.3, 0.4) is 0 Å². The van der Waals surface area contributed by atoms with Crippen molar-refractivity contribution >= 4 is 34.5 Å². The maximum Gasteiger partial charge on any atom is 0.320 e. The van der Waals surface area contributed by atoms with Crippen molar-refractivity contribution in [3.8, 4) is 0 Å². The first-order chi connectivity index (χ1) is 13.3. The second kappa shape index (κ2) is 8.45. The third-order valence-corrected chi connectivity index (χ3v) is 5.75. The Kier molecular flexibility index (Phi) is 6.20. The van der Waals surface area contributed by atoms with Crippen LogP contribution in [0.15, 0.2) is 22.8 Å². The summed E-state index contributed by atoms with van der Waals surface area (Å²) in [6.07, 6.45) is 2.95. The lowest BCUT2D eigenvalue weighted by molar-refractivity contribution is -0.162. The van der Waals surface area contributed by atoms with Gasteiger partial charge in [0.25, 0.3) is 5.91 Å². The van der Waals surface area contributed by atoms with E-state index >= 15 is 0 Å². The molecule has 0 aliphatic heterocycles. The van der Waals surface area contributed by atoms with Crippen molar-refractivity contribution in [1.82, 2.24) is 20.1 Å². The molecule has 0 radical (unpaired) electrons. The third kappa shape index (κ3) is 4.62. The van der Waals surface area contributed by atoms with E-state index in [2.05, 4.69) is 14.9 Å². The lowest BCUT2D eigenvalue weighted by atomic mass is 9.82. The summed E-state index contributed by atoms with van der Waals surface area (Å²) in [6, 6.07) is 5.51. The number of hydrogen-bond donors (Lipinski definition) is 0. The highest BCUT2D eigenvalue weighted by Gasteiger charge is 2.37. The van der Waals surface area contributed by atoms with Gasteiger partial charge in [0, 0.05) is 18.7 Å². The first-order valence-corrected chi connectivity index (χ1v) is 9.80. The number of fused-ring (bicyclic) bond motifs is 1. The lowest BCUT2D eigenvalue weighted by Gasteiger charge is -2.40. The van der Waals surface area contributed by atoms with Gasteiger partial charge in [0.2, 0.25) is 0 Å². The van der Waals surface area contributed by atoms with E-state index in [-0.39, 0.29) is 30.5 Å². The first-order valence-electron chi connectivity index (χ1n) is 9.27. The number of alkyl halides is 1. The van der Waals surface area contributed by atoms with Crippen molar-refractivity contribution in [3.05, 3.63) is 23.8 Å². The molecule has 0 saturated heterocycles. The van der Waals surface area contributed by atoms with Crippen LogP contribution < -0.4 is 0 Å². The van der Waals surface area contributed by atoms with Gasteiger partial charge in [-0.15, -0.1) is 11.6 Å². The molecule has 1 aromatic carbocycles. The molecule has 0 spiro atoms. The Morgan fingerprint density at radius 2 is 1.93 bits per heavy atom. The second-order valence-corrected chi connectivity index (χ2v) is 7.91. The summed E-state index contributed by atoms with van der Waals surface area (Å²) in [7, 11) is 3.57. The Morgan fingerprint density at radius 1 is 1.25 bits per heavy atom. The van der Waals surface area contributed by atoms with Crippen LogP contribution in [0, 0.1) is 0 Å². The average molecular weight is 409 g/mol. The van der Waals surface area contributed by atoms with Gasteiger partial charge in [0.05, 0.1) is 12.5 Å². The minimum Gasteiger partial charge on any atom is -0.458 e. The lowest BCUT2D eigenvalue weighted by Crippen LogP contribution is -2.45. The summed E-state index contributed by atoms with van der Waals surface area (Å²) < 4.78 is 10.4. The molecule has 1 aliphatic rings.